The standard InChI is InChI=1S/C20H22BF2N3O2.C14H10ClF2N3/c1-19(2)20(3,4)28-21(27-19)15-7-6-8-16-13(15)9-14(18(22)23)17(25-16)12-10-24-26(5)11-12;1-20-7-8(6-18-20)13-10(14(16)17)5-9-11(15)3-2-4-12(9)19-13/h6-11,18H,1-5H3;2-7,14H,1H3. The molecule has 0 amide bonds. The Balaban J connectivity index is 0.000000177. The minimum Gasteiger partial charge on any atom is -0.399 e. The third-order valence-electron chi connectivity index (χ3n) is 8.69. The number of rotatable bonds is 5. The van der Waals surface area contributed by atoms with E-state index in [1.54, 1.807) is 60.1 Å². The minimum atomic E-state index is -2.67. The molecule has 0 radical (unpaired) electrons. The second-order valence-electron chi connectivity index (χ2n) is 12.6. The van der Waals surface area contributed by atoms with Crippen molar-refractivity contribution in [3.8, 4) is 22.5 Å². The maximum absolute atomic E-state index is 13.9. The summed E-state index contributed by atoms with van der Waals surface area (Å²) in [6.45, 7) is 7.84. The molecule has 1 aliphatic heterocycles. The molecule has 14 heteroatoms. The number of hydrogen-bond donors (Lipinski definition) is 0. The molecule has 0 bridgehead atoms. The third-order valence-corrected chi connectivity index (χ3v) is 9.02. The first kappa shape index (κ1) is 33.6. The van der Waals surface area contributed by atoms with E-state index in [9.17, 15) is 17.6 Å². The predicted octanol–water partition coefficient (Wildman–Crippen LogP) is 8.10. The number of aromatic nitrogens is 6. The quantitative estimate of drug-likeness (QED) is 0.135. The Morgan fingerprint density at radius 2 is 1.17 bits per heavy atom. The van der Waals surface area contributed by atoms with E-state index in [1.807, 2.05) is 39.8 Å². The highest BCUT2D eigenvalue weighted by Gasteiger charge is 2.52. The van der Waals surface area contributed by atoms with Crippen molar-refractivity contribution in [3.63, 3.8) is 0 Å². The molecule has 7 rings (SSSR count). The van der Waals surface area contributed by atoms with Crippen LogP contribution in [0, 0.1) is 0 Å². The third kappa shape index (κ3) is 6.29. The van der Waals surface area contributed by atoms with E-state index in [0.29, 0.717) is 43.4 Å². The van der Waals surface area contributed by atoms with Crippen LogP contribution in [0.5, 0.6) is 0 Å². The number of nitrogens with zero attached hydrogens (tertiary/aromatic N) is 6. The van der Waals surface area contributed by atoms with Gasteiger partial charge >= 0.3 is 7.12 Å². The van der Waals surface area contributed by atoms with Crippen molar-refractivity contribution in [1.29, 1.82) is 0 Å². The van der Waals surface area contributed by atoms with Crippen molar-refractivity contribution >= 4 is 46.0 Å². The first-order chi connectivity index (χ1) is 22.6. The molecule has 0 aliphatic carbocycles. The summed E-state index contributed by atoms with van der Waals surface area (Å²) in [7, 11) is 2.82. The van der Waals surface area contributed by atoms with Gasteiger partial charge in [0.25, 0.3) is 12.9 Å². The van der Waals surface area contributed by atoms with Crippen molar-refractivity contribution in [2.75, 3.05) is 0 Å². The maximum atomic E-state index is 13.9. The van der Waals surface area contributed by atoms with Crippen molar-refractivity contribution in [2.45, 2.75) is 51.7 Å². The Morgan fingerprint density at radius 3 is 1.62 bits per heavy atom. The second kappa shape index (κ2) is 12.6. The van der Waals surface area contributed by atoms with E-state index < -0.39 is 31.2 Å². The lowest BCUT2D eigenvalue weighted by Crippen LogP contribution is -2.41. The molecular formula is C34H32BClF4N6O2. The molecule has 0 atom stereocenters. The Hall–Kier alpha value is -4.33. The van der Waals surface area contributed by atoms with Crippen LogP contribution in [0.1, 0.15) is 51.7 Å². The average Bonchev–Trinajstić information content (AvgIpc) is 3.72. The Labute approximate surface area is 279 Å². The fourth-order valence-electron chi connectivity index (χ4n) is 5.47. The smallest absolute Gasteiger partial charge is 0.399 e. The molecule has 1 saturated heterocycles. The number of aryl methyl sites for hydroxylation is 2. The summed E-state index contributed by atoms with van der Waals surface area (Å²) < 4.78 is 69.7. The van der Waals surface area contributed by atoms with Gasteiger partial charge in [-0.05, 0) is 63.5 Å². The normalized spacial score (nSPS) is 15.5. The summed E-state index contributed by atoms with van der Waals surface area (Å²) in [5, 5.41) is 9.61. The Kier molecular flexibility index (Phi) is 8.82. The molecule has 5 heterocycles. The van der Waals surface area contributed by atoms with Crippen LogP contribution in [-0.4, -0.2) is 47.8 Å². The summed E-state index contributed by atoms with van der Waals surface area (Å²) in [4.78, 5) is 8.86. The first-order valence-electron chi connectivity index (χ1n) is 15.1. The van der Waals surface area contributed by atoms with E-state index in [-0.39, 0.29) is 22.5 Å². The van der Waals surface area contributed by atoms with Gasteiger partial charge in [-0.1, -0.05) is 29.8 Å². The number of alkyl halides is 4. The summed E-state index contributed by atoms with van der Waals surface area (Å²) in [6.07, 6.45) is 1.10. The summed E-state index contributed by atoms with van der Waals surface area (Å²) in [5.74, 6) is 0. The van der Waals surface area contributed by atoms with Crippen LogP contribution in [0.25, 0.3) is 44.3 Å². The van der Waals surface area contributed by atoms with Crippen LogP contribution < -0.4 is 5.46 Å². The van der Waals surface area contributed by atoms with E-state index in [0.717, 1.165) is 0 Å². The monoisotopic (exact) mass is 678 g/mol. The molecule has 0 spiro atoms. The number of halogens is 5. The van der Waals surface area contributed by atoms with Crippen molar-refractivity contribution < 1.29 is 26.9 Å². The van der Waals surface area contributed by atoms with E-state index in [1.165, 1.54) is 24.5 Å². The van der Waals surface area contributed by atoms with E-state index in [2.05, 4.69) is 20.2 Å². The predicted molar refractivity (Wildman–Crippen MR) is 179 cm³/mol. The van der Waals surface area contributed by atoms with Crippen molar-refractivity contribution in [1.82, 2.24) is 29.5 Å². The summed E-state index contributed by atoms with van der Waals surface area (Å²) in [5.41, 5.74) is 2.17. The lowest BCUT2D eigenvalue weighted by atomic mass is 9.76. The molecule has 248 valence electrons. The van der Waals surface area contributed by atoms with Gasteiger partial charge in [-0.3, -0.25) is 9.36 Å². The van der Waals surface area contributed by atoms with Crippen LogP contribution in [0.4, 0.5) is 17.6 Å². The van der Waals surface area contributed by atoms with Crippen LogP contribution in [0.15, 0.2) is 73.3 Å². The SMILES string of the molecule is Cn1cc(-c2nc3cccc(B4OC(C)(C)C(C)(C)O4)c3cc2C(F)F)cn1.Cn1cc(-c2nc3cccc(Cl)c3cc2C(F)F)cn1. The minimum absolute atomic E-state index is 0.135. The zero-order valence-electron chi connectivity index (χ0n) is 27.0. The highest BCUT2D eigenvalue weighted by Crippen LogP contribution is 2.38. The fourth-order valence-corrected chi connectivity index (χ4v) is 5.69. The number of fused-ring (bicyclic) bond motifs is 2. The molecule has 1 fully saturated rings. The lowest BCUT2D eigenvalue weighted by molar-refractivity contribution is 0.00578. The molecule has 0 N–H and O–H groups in total. The molecule has 0 saturated carbocycles. The van der Waals surface area contributed by atoms with E-state index in [4.69, 9.17) is 20.9 Å². The van der Waals surface area contributed by atoms with E-state index >= 15 is 0 Å². The molecule has 0 unspecified atom stereocenters. The highest BCUT2D eigenvalue weighted by molar-refractivity contribution is 6.65. The Bertz CT molecular complexity index is 2120. The first-order valence-corrected chi connectivity index (χ1v) is 15.5. The molecule has 6 aromatic rings. The lowest BCUT2D eigenvalue weighted by Gasteiger charge is -2.32. The van der Waals surface area contributed by atoms with Gasteiger partial charge in [0.05, 0.1) is 46.0 Å². The van der Waals surface area contributed by atoms with Gasteiger partial charge in [0.2, 0.25) is 0 Å². The van der Waals surface area contributed by atoms with Crippen molar-refractivity contribution in [2.24, 2.45) is 14.1 Å². The van der Waals surface area contributed by atoms with Gasteiger partial charge in [0.15, 0.2) is 0 Å². The fraction of sp³-hybridized carbons (Fsp3) is 0.294. The average molecular weight is 679 g/mol. The Morgan fingerprint density at radius 1 is 0.708 bits per heavy atom. The summed E-state index contributed by atoms with van der Waals surface area (Å²) in [6, 6.07) is 13.5. The van der Waals surface area contributed by atoms with Gasteiger partial charge in [-0.2, -0.15) is 10.2 Å². The van der Waals surface area contributed by atoms with Crippen LogP contribution in [0.2, 0.25) is 5.02 Å². The van der Waals surface area contributed by atoms with Gasteiger partial charge < -0.3 is 9.31 Å². The highest BCUT2D eigenvalue weighted by atomic mass is 35.5. The molecule has 1 aliphatic rings. The number of pyridine rings is 2. The maximum Gasteiger partial charge on any atom is 0.495 e. The van der Waals surface area contributed by atoms with Gasteiger partial charge in [-0.15, -0.1) is 0 Å². The van der Waals surface area contributed by atoms with Crippen molar-refractivity contribution in [3.05, 3.63) is 89.5 Å². The molecule has 8 nitrogen and oxygen atoms in total. The zero-order chi connectivity index (χ0) is 34.5. The number of benzene rings is 2. The van der Waals surface area contributed by atoms with Crippen LogP contribution in [-0.2, 0) is 23.4 Å². The molecular weight excluding hydrogens is 647 g/mol. The van der Waals surface area contributed by atoms with Gasteiger partial charge in [-0.25, -0.2) is 27.5 Å². The largest absolute Gasteiger partial charge is 0.495 e. The van der Waals surface area contributed by atoms with Gasteiger partial charge in [0, 0.05) is 64.5 Å². The number of hydrogen-bond acceptors (Lipinski definition) is 6. The molecule has 2 aromatic carbocycles. The van der Waals surface area contributed by atoms with Gasteiger partial charge in [0.1, 0.15) is 0 Å². The van der Waals surface area contributed by atoms with Crippen LogP contribution >= 0.6 is 11.6 Å². The topological polar surface area (TPSA) is 79.9 Å². The second-order valence-corrected chi connectivity index (χ2v) is 13.0. The summed E-state index contributed by atoms with van der Waals surface area (Å²) >= 11 is 6.03. The zero-order valence-corrected chi connectivity index (χ0v) is 27.8. The van der Waals surface area contributed by atoms with Crippen LogP contribution in [0.3, 0.4) is 0 Å². The molecule has 48 heavy (non-hydrogen) atoms. The molecule has 4 aromatic heterocycles.